The maximum atomic E-state index is 11.0. The van der Waals surface area contributed by atoms with Crippen LogP contribution in [0, 0.1) is 17.8 Å². The Kier molecular flexibility index (Phi) is 4.14. The fraction of sp³-hybridized carbons (Fsp3) is 1.00. The lowest BCUT2D eigenvalue weighted by Gasteiger charge is -2.46. The monoisotopic (exact) mass is 240 g/mol. The van der Waals surface area contributed by atoms with Crippen LogP contribution in [0.4, 0.5) is 0 Å². The van der Waals surface area contributed by atoms with Gasteiger partial charge in [-0.15, -0.1) is 0 Å². The topological polar surface area (TPSA) is 29.5 Å². The Bertz CT molecular complexity index is 243. The van der Waals surface area contributed by atoms with E-state index in [1.165, 1.54) is 19.3 Å². The average Bonchev–Trinajstić information content (AvgIpc) is 2.28. The molecule has 2 rings (SSSR count). The Morgan fingerprint density at radius 3 is 2.41 bits per heavy atom. The quantitative estimate of drug-likeness (QED) is 0.802. The van der Waals surface area contributed by atoms with Crippen LogP contribution in [0.1, 0.15) is 59.3 Å². The first-order chi connectivity index (χ1) is 8.03. The molecule has 0 radical (unpaired) electrons. The van der Waals surface area contributed by atoms with Gasteiger partial charge in [0, 0.05) is 13.0 Å². The van der Waals surface area contributed by atoms with Gasteiger partial charge in [0.2, 0.25) is 0 Å². The van der Waals surface area contributed by atoms with Gasteiger partial charge < -0.3 is 9.84 Å². The highest BCUT2D eigenvalue weighted by Crippen LogP contribution is 2.43. The van der Waals surface area contributed by atoms with Crippen LogP contribution in [0.2, 0.25) is 0 Å². The van der Waals surface area contributed by atoms with Gasteiger partial charge in [-0.25, -0.2) is 0 Å². The fourth-order valence-corrected chi connectivity index (χ4v) is 3.98. The molecular formula is C15H28O2. The van der Waals surface area contributed by atoms with Gasteiger partial charge in [-0.2, -0.15) is 0 Å². The van der Waals surface area contributed by atoms with Crippen molar-refractivity contribution in [3.05, 3.63) is 0 Å². The molecule has 2 heteroatoms. The normalized spacial score (nSPS) is 48.0. The molecular weight excluding hydrogens is 212 g/mol. The van der Waals surface area contributed by atoms with Crippen LogP contribution in [-0.4, -0.2) is 23.4 Å². The molecule has 0 bridgehead atoms. The zero-order chi connectivity index (χ0) is 12.5. The summed E-state index contributed by atoms with van der Waals surface area (Å²) in [7, 11) is 0. The highest BCUT2D eigenvalue weighted by Gasteiger charge is 2.43. The largest absolute Gasteiger partial charge is 0.389 e. The minimum absolute atomic E-state index is 0.279. The van der Waals surface area contributed by atoms with Gasteiger partial charge in [0.25, 0.3) is 0 Å². The molecule has 0 amide bonds. The third-order valence-corrected chi connectivity index (χ3v) is 4.86. The molecule has 1 N–H and O–H groups in total. The molecule has 17 heavy (non-hydrogen) atoms. The van der Waals surface area contributed by atoms with Crippen molar-refractivity contribution >= 4 is 0 Å². The van der Waals surface area contributed by atoms with Crippen molar-refractivity contribution in [1.82, 2.24) is 0 Å². The van der Waals surface area contributed by atoms with Crippen molar-refractivity contribution in [2.75, 3.05) is 6.61 Å². The van der Waals surface area contributed by atoms with Crippen LogP contribution in [-0.2, 0) is 4.74 Å². The van der Waals surface area contributed by atoms with Crippen LogP contribution in [0.25, 0.3) is 0 Å². The molecule has 2 aliphatic rings. The zero-order valence-corrected chi connectivity index (χ0v) is 11.6. The molecule has 1 saturated heterocycles. The van der Waals surface area contributed by atoms with Gasteiger partial charge in [-0.1, -0.05) is 20.8 Å². The van der Waals surface area contributed by atoms with Gasteiger partial charge in [-0.3, -0.25) is 0 Å². The lowest BCUT2D eigenvalue weighted by molar-refractivity contribution is -0.144. The molecule has 2 fully saturated rings. The maximum Gasteiger partial charge on any atom is 0.0722 e. The van der Waals surface area contributed by atoms with Gasteiger partial charge in [0.15, 0.2) is 0 Å². The van der Waals surface area contributed by atoms with Crippen LogP contribution in [0.5, 0.6) is 0 Å². The van der Waals surface area contributed by atoms with E-state index in [9.17, 15) is 5.11 Å². The molecule has 1 saturated carbocycles. The second-order valence-electron chi connectivity index (χ2n) is 6.57. The van der Waals surface area contributed by atoms with E-state index >= 15 is 0 Å². The summed E-state index contributed by atoms with van der Waals surface area (Å²) in [5.74, 6) is 2.05. The van der Waals surface area contributed by atoms with E-state index in [0.29, 0.717) is 5.92 Å². The molecule has 1 heterocycles. The second kappa shape index (κ2) is 5.27. The van der Waals surface area contributed by atoms with Crippen molar-refractivity contribution in [1.29, 1.82) is 0 Å². The first kappa shape index (κ1) is 13.4. The summed E-state index contributed by atoms with van der Waals surface area (Å²) in [6, 6.07) is 0. The smallest absolute Gasteiger partial charge is 0.0722 e. The minimum atomic E-state index is -0.443. The van der Waals surface area contributed by atoms with Gasteiger partial charge in [-0.05, 0) is 49.9 Å². The molecule has 0 aromatic carbocycles. The zero-order valence-electron chi connectivity index (χ0n) is 11.6. The standard InChI is InChI=1S/C15H28O2/c1-4-14-10-15(16,5-6-17-14)13-8-11(2)7-12(3)9-13/h11-14,16H,4-10H2,1-3H3. The van der Waals surface area contributed by atoms with E-state index in [0.717, 1.165) is 37.7 Å². The fourth-order valence-electron chi connectivity index (χ4n) is 3.98. The Morgan fingerprint density at radius 1 is 1.18 bits per heavy atom. The molecule has 2 nitrogen and oxygen atoms in total. The molecule has 4 unspecified atom stereocenters. The third-order valence-electron chi connectivity index (χ3n) is 4.86. The number of ether oxygens (including phenoxy) is 1. The maximum absolute atomic E-state index is 11.0. The van der Waals surface area contributed by atoms with E-state index < -0.39 is 5.60 Å². The Morgan fingerprint density at radius 2 is 1.82 bits per heavy atom. The average molecular weight is 240 g/mol. The molecule has 1 aliphatic heterocycles. The third kappa shape index (κ3) is 3.03. The van der Waals surface area contributed by atoms with Crippen molar-refractivity contribution in [3.63, 3.8) is 0 Å². The van der Waals surface area contributed by atoms with Crippen molar-refractivity contribution in [2.45, 2.75) is 71.0 Å². The summed E-state index contributed by atoms with van der Waals surface area (Å²) < 4.78 is 5.71. The molecule has 4 atom stereocenters. The SMILES string of the molecule is CCC1CC(O)(C2CC(C)CC(C)C2)CCO1. The van der Waals surface area contributed by atoms with Crippen molar-refractivity contribution in [3.8, 4) is 0 Å². The predicted octanol–water partition coefficient (Wildman–Crippen LogP) is 3.38. The summed E-state index contributed by atoms with van der Waals surface area (Å²) in [6.07, 6.45) is 6.75. The molecule has 100 valence electrons. The minimum Gasteiger partial charge on any atom is -0.389 e. The summed E-state index contributed by atoms with van der Waals surface area (Å²) >= 11 is 0. The van der Waals surface area contributed by atoms with Crippen LogP contribution in [0.15, 0.2) is 0 Å². The Labute approximate surface area is 106 Å². The van der Waals surface area contributed by atoms with E-state index in [2.05, 4.69) is 20.8 Å². The van der Waals surface area contributed by atoms with Crippen LogP contribution in [0.3, 0.4) is 0 Å². The van der Waals surface area contributed by atoms with Crippen LogP contribution < -0.4 is 0 Å². The van der Waals surface area contributed by atoms with Crippen molar-refractivity contribution < 1.29 is 9.84 Å². The van der Waals surface area contributed by atoms with E-state index in [4.69, 9.17) is 4.74 Å². The summed E-state index contributed by atoms with van der Waals surface area (Å²) in [5, 5.41) is 11.0. The van der Waals surface area contributed by atoms with Gasteiger partial charge in [0.1, 0.15) is 0 Å². The predicted molar refractivity (Wildman–Crippen MR) is 69.9 cm³/mol. The molecule has 1 aliphatic carbocycles. The Balaban J connectivity index is 2.03. The number of hydrogen-bond acceptors (Lipinski definition) is 2. The molecule has 0 aromatic heterocycles. The van der Waals surface area contributed by atoms with Gasteiger partial charge in [0.05, 0.1) is 11.7 Å². The van der Waals surface area contributed by atoms with Crippen LogP contribution >= 0.6 is 0 Å². The number of rotatable bonds is 2. The summed E-state index contributed by atoms with van der Waals surface area (Å²) in [6.45, 7) is 7.57. The molecule has 0 aromatic rings. The lowest BCUT2D eigenvalue weighted by atomic mass is 9.66. The lowest BCUT2D eigenvalue weighted by Crippen LogP contribution is -2.48. The van der Waals surface area contributed by atoms with E-state index in [1.807, 2.05) is 0 Å². The van der Waals surface area contributed by atoms with E-state index in [-0.39, 0.29) is 6.10 Å². The summed E-state index contributed by atoms with van der Waals surface area (Å²) in [4.78, 5) is 0. The van der Waals surface area contributed by atoms with Crippen molar-refractivity contribution in [2.24, 2.45) is 17.8 Å². The second-order valence-corrected chi connectivity index (χ2v) is 6.57. The highest BCUT2D eigenvalue weighted by molar-refractivity contribution is 4.94. The highest BCUT2D eigenvalue weighted by atomic mass is 16.5. The summed E-state index contributed by atoms with van der Waals surface area (Å²) in [5.41, 5.74) is -0.443. The first-order valence-corrected chi connectivity index (χ1v) is 7.37. The number of aliphatic hydroxyl groups is 1. The first-order valence-electron chi connectivity index (χ1n) is 7.37. The molecule has 0 spiro atoms. The Hall–Kier alpha value is -0.0800. The van der Waals surface area contributed by atoms with E-state index in [1.54, 1.807) is 0 Å². The number of hydrogen-bond donors (Lipinski definition) is 1. The van der Waals surface area contributed by atoms with Gasteiger partial charge >= 0.3 is 0 Å².